The molecule has 0 unspecified atom stereocenters. The Balaban J connectivity index is 2.21. The van der Waals surface area contributed by atoms with E-state index in [1.54, 1.807) is 0 Å². The highest BCUT2D eigenvalue weighted by atomic mass is 16.2. The van der Waals surface area contributed by atoms with E-state index in [9.17, 15) is 0 Å². The van der Waals surface area contributed by atoms with E-state index in [1.165, 1.54) is 5.69 Å². The summed E-state index contributed by atoms with van der Waals surface area (Å²) in [5.41, 5.74) is 3.52. The second-order valence-corrected chi connectivity index (χ2v) is 4.81. The summed E-state index contributed by atoms with van der Waals surface area (Å²) in [7, 11) is 0. The Morgan fingerprint density at radius 2 is 1.89 bits per heavy atom. The largest absolute Gasteiger partial charge is 0.396 e. The summed E-state index contributed by atoms with van der Waals surface area (Å²) >= 11 is 0. The van der Waals surface area contributed by atoms with Gasteiger partial charge in [0.15, 0.2) is 0 Å². The molecule has 0 saturated carbocycles. The van der Waals surface area contributed by atoms with Crippen molar-refractivity contribution in [3.8, 4) is 5.69 Å². The molecule has 2 rings (SSSR count). The van der Waals surface area contributed by atoms with Gasteiger partial charge in [0.25, 0.3) is 0 Å². The molecule has 0 bridgehead atoms. The minimum absolute atomic E-state index is 0.265. The molecule has 0 fully saturated rings. The molecule has 1 N–H and O–H groups in total. The number of aliphatic hydroxyl groups excluding tert-OH is 1. The third-order valence-corrected chi connectivity index (χ3v) is 3.18. The van der Waals surface area contributed by atoms with Gasteiger partial charge >= 0.3 is 0 Å². The Labute approximate surface area is 114 Å². The minimum Gasteiger partial charge on any atom is -0.396 e. The van der Waals surface area contributed by atoms with Gasteiger partial charge in [0, 0.05) is 12.3 Å². The van der Waals surface area contributed by atoms with Crippen molar-refractivity contribution in [1.82, 2.24) is 9.78 Å². The lowest BCUT2D eigenvalue weighted by atomic mass is 10.1. The van der Waals surface area contributed by atoms with Gasteiger partial charge in [-0.05, 0) is 43.9 Å². The van der Waals surface area contributed by atoms with Gasteiger partial charge in [-0.2, -0.15) is 5.10 Å². The minimum atomic E-state index is 0.265. The van der Waals surface area contributed by atoms with Crippen LogP contribution >= 0.6 is 0 Å². The third-order valence-electron chi connectivity index (χ3n) is 3.18. The average Bonchev–Trinajstić information content (AvgIpc) is 2.84. The van der Waals surface area contributed by atoms with Crippen LogP contribution in [-0.2, 0) is 12.8 Å². The molecule has 1 heterocycles. The summed E-state index contributed by atoms with van der Waals surface area (Å²) < 4.78 is 2.05. The van der Waals surface area contributed by atoms with Crippen molar-refractivity contribution in [2.24, 2.45) is 0 Å². The molecule has 102 valence electrons. The molecule has 0 aliphatic rings. The molecule has 0 amide bonds. The van der Waals surface area contributed by atoms with Crippen molar-refractivity contribution in [3.05, 3.63) is 47.8 Å². The molecule has 0 aliphatic carbocycles. The molecule has 3 nitrogen and oxygen atoms in total. The van der Waals surface area contributed by atoms with Gasteiger partial charge in [0.2, 0.25) is 0 Å². The number of hydrogen-bond donors (Lipinski definition) is 1. The Morgan fingerprint density at radius 1 is 1.11 bits per heavy atom. The van der Waals surface area contributed by atoms with E-state index in [2.05, 4.69) is 29.8 Å². The predicted octanol–water partition coefficient (Wildman–Crippen LogP) is 3.14. The molecule has 0 aliphatic heterocycles. The Bertz CT molecular complexity index is 491. The maximum atomic E-state index is 8.84. The average molecular weight is 258 g/mol. The van der Waals surface area contributed by atoms with E-state index in [4.69, 9.17) is 10.2 Å². The van der Waals surface area contributed by atoms with Gasteiger partial charge in [-0.15, -0.1) is 0 Å². The van der Waals surface area contributed by atoms with Crippen LogP contribution in [0.3, 0.4) is 0 Å². The fourth-order valence-corrected chi connectivity index (χ4v) is 2.24. The summed E-state index contributed by atoms with van der Waals surface area (Å²) in [6.45, 7) is 2.45. The summed E-state index contributed by atoms with van der Waals surface area (Å²) in [4.78, 5) is 0. The van der Waals surface area contributed by atoms with Crippen LogP contribution in [0.4, 0.5) is 0 Å². The van der Waals surface area contributed by atoms with Crippen LogP contribution in [0, 0.1) is 0 Å². The van der Waals surface area contributed by atoms with E-state index in [0.717, 1.165) is 43.5 Å². The van der Waals surface area contributed by atoms with Crippen LogP contribution in [0.2, 0.25) is 0 Å². The number of benzene rings is 1. The highest BCUT2D eigenvalue weighted by Gasteiger charge is 2.08. The lowest BCUT2D eigenvalue weighted by Crippen LogP contribution is -2.02. The predicted molar refractivity (Wildman–Crippen MR) is 77.6 cm³/mol. The fraction of sp³-hybridized carbons (Fsp3) is 0.438. The van der Waals surface area contributed by atoms with E-state index in [1.807, 2.05) is 18.2 Å². The molecule has 0 atom stereocenters. The maximum absolute atomic E-state index is 8.84. The number of hydrogen-bond acceptors (Lipinski definition) is 2. The fourth-order valence-electron chi connectivity index (χ4n) is 2.24. The molecular formula is C16H22N2O. The Hall–Kier alpha value is -1.61. The Kier molecular flexibility index (Phi) is 5.16. The Morgan fingerprint density at radius 3 is 2.58 bits per heavy atom. The second-order valence-electron chi connectivity index (χ2n) is 4.81. The van der Waals surface area contributed by atoms with Gasteiger partial charge in [0.05, 0.1) is 11.4 Å². The number of rotatable bonds is 7. The zero-order chi connectivity index (χ0) is 13.5. The summed E-state index contributed by atoms with van der Waals surface area (Å²) in [6.07, 6.45) is 4.95. The summed E-state index contributed by atoms with van der Waals surface area (Å²) in [5, 5.41) is 13.5. The number of aryl methyl sites for hydroxylation is 2. The van der Waals surface area contributed by atoms with E-state index in [-0.39, 0.29) is 6.61 Å². The zero-order valence-corrected chi connectivity index (χ0v) is 11.5. The van der Waals surface area contributed by atoms with Crippen LogP contribution in [-0.4, -0.2) is 21.5 Å². The quantitative estimate of drug-likeness (QED) is 0.775. The molecule has 0 saturated heterocycles. The highest BCUT2D eigenvalue weighted by Crippen LogP contribution is 2.15. The zero-order valence-electron chi connectivity index (χ0n) is 11.5. The standard InChI is InChI=1S/C16H22N2O/c1-2-8-16-13-14(9-6-7-12-19)17-18(16)15-10-4-3-5-11-15/h3-5,10-11,13,19H,2,6-9,12H2,1H3. The van der Waals surface area contributed by atoms with E-state index >= 15 is 0 Å². The van der Waals surface area contributed by atoms with Gasteiger partial charge in [0.1, 0.15) is 0 Å². The first-order valence-electron chi connectivity index (χ1n) is 7.09. The van der Waals surface area contributed by atoms with Crippen molar-refractivity contribution >= 4 is 0 Å². The van der Waals surface area contributed by atoms with Crippen LogP contribution in [0.25, 0.3) is 5.69 Å². The van der Waals surface area contributed by atoms with Crippen molar-refractivity contribution in [1.29, 1.82) is 0 Å². The van der Waals surface area contributed by atoms with Crippen molar-refractivity contribution in [3.63, 3.8) is 0 Å². The smallest absolute Gasteiger partial charge is 0.0648 e. The van der Waals surface area contributed by atoms with Gasteiger partial charge in [-0.1, -0.05) is 31.5 Å². The van der Waals surface area contributed by atoms with E-state index < -0.39 is 0 Å². The molecule has 1 aromatic carbocycles. The molecule has 1 aromatic heterocycles. The molecule has 0 spiro atoms. The first-order chi connectivity index (χ1) is 9.35. The molecule has 0 radical (unpaired) electrons. The number of nitrogens with zero attached hydrogens (tertiary/aromatic N) is 2. The molecule has 19 heavy (non-hydrogen) atoms. The van der Waals surface area contributed by atoms with Crippen molar-refractivity contribution in [2.75, 3.05) is 6.61 Å². The third kappa shape index (κ3) is 3.67. The molecular weight excluding hydrogens is 236 g/mol. The van der Waals surface area contributed by atoms with Gasteiger partial charge < -0.3 is 5.11 Å². The molecule has 2 aromatic rings. The number of unbranched alkanes of at least 4 members (excludes halogenated alkanes) is 1. The monoisotopic (exact) mass is 258 g/mol. The first-order valence-corrected chi connectivity index (χ1v) is 7.09. The summed E-state index contributed by atoms with van der Waals surface area (Å²) in [6, 6.07) is 12.5. The van der Waals surface area contributed by atoms with Crippen molar-refractivity contribution < 1.29 is 5.11 Å². The van der Waals surface area contributed by atoms with Crippen molar-refractivity contribution in [2.45, 2.75) is 39.0 Å². The van der Waals surface area contributed by atoms with Crippen LogP contribution in [0.15, 0.2) is 36.4 Å². The van der Waals surface area contributed by atoms with Gasteiger partial charge in [-0.25, -0.2) is 4.68 Å². The first kappa shape index (κ1) is 13.8. The lowest BCUT2D eigenvalue weighted by Gasteiger charge is -2.05. The van der Waals surface area contributed by atoms with E-state index in [0.29, 0.717) is 0 Å². The van der Waals surface area contributed by atoms with Gasteiger partial charge in [-0.3, -0.25) is 0 Å². The maximum Gasteiger partial charge on any atom is 0.0648 e. The topological polar surface area (TPSA) is 38.1 Å². The second kappa shape index (κ2) is 7.10. The lowest BCUT2D eigenvalue weighted by molar-refractivity contribution is 0.284. The van der Waals surface area contributed by atoms with Crippen LogP contribution in [0.5, 0.6) is 0 Å². The normalized spacial score (nSPS) is 10.8. The summed E-state index contributed by atoms with van der Waals surface area (Å²) in [5.74, 6) is 0. The number of para-hydroxylation sites is 1. The highest BCUT2D eigenvalue weighted by molar-refractivity contribution is 5.33. The SMILES string of the molecule is CCCc1cc(CCCCO)nn1-c1ccccc1. The number of aliphatic hydroxyl groups is 1. The molecule has 3 heteroatoms. The van der Waals surface area contributed by atoms with Crippen LogP contribution in [0.1, 0.15) is 37.6 Å². The van der Waals surface area contributed by atoms with Crippen LogP contribution < -0.4 is 0 Å². The number of aromatic nitrogens is 2.